The lowest BCUT2D eigenvalue weighted by Gasteiger charge is -2.21. The molecule has 0 fully saturated rings. The molecule has 1 N–H and O–H groups in total. The van der Waals surface area contributed by atoms with Crippen molar-refractivity contribution in [3.63, 3.8) is 0 Å². The Balaban J connectivity index is 3.78. The Morgan fingerprint density at radius 2 is 2.00 bits per heavy atom. The van der Waals surface area contributed by atoms with Gasteiger partial charge in [-0.2, -0.15) is 0 Å². The van der Waals surface area contributed by atoms with Gasteiger partial charge in [0.1, 0.15) is 6.10 Å². The van der Waals surface area contributed by atoms with E-state index in [1.54, 1.807) is 14.0 Å². The second-order valence-corrected chi connectivity index (χ2v) is 3.97. The van der Waals surface area contributed by atoms with E-state index >= 15 is 0 Å². The molecule has 1 amide bonds. The lowest BCUT2D eigenvalue weighted by atomic mass is 10.2. The van der Waals surface area contributed by atoms with Gasteiger partial charge >= 0.3 is 5.97 Å². The third-order valence-electron chi connectivity index (χ3n) is 2.41. The summed E-state index contributed by atoms with van der Waals surface area (Å²) in [7, 11) is 1.65. The molecule has 0 rings (SSSR count). The van der Waals surface area contributed by atoms with E-state index in [0.717, 1.165) is 0 Å². The molecule has 0 aliphatic carbocycles. The quantitative estimate of drug-likeness (QED) is 0.587. The van der Waals surface area contributed by atoms with Gasteiger partial charge in [-0.15, -0.1) is 0 Å². The van der Waals surface area contributed by atoms with Crippen molar-refractivity contribution in [2.45, 2.75) is 32.8 Å². The van der Waals surface area contributed by atoms with Gasteiger partial charge in [-0.25, -0.2) is 0 Å². The maximum absolute atomic E-state index is 11.8. The first kappa shape index (κ1) is 16.9. The summed E-state index contributed by atoms with van der Waals surface area (Å²) in [6, 6.07) is 0. The summed E-state index contributed by atoms with van der Waals surface area (Å²) in [4.78, 5) is 23.6. The van der Waals surface area contributed by atoms with Gasteiger partial charge < -0.3 is 19.5 Å². The summed E-state index contributed by atoms with van der Waals surface area (Å²) in [5.74, 6) is -0.992. The average Bonchev–Trinajstić information content (AvgIpc) is 2.32. The van der Waals surface area contributed by atoms with E-state index in [2.05, 4.69) is 0 Å². The number of carbonyl (C=O) groups excluding carboxylic acids is 1. The van der Waals surface area contributed by atoms with Crippen LogP contribution in [0.1, 0.15) is 26.7 Å². The highest BCUT2D eigenvalue weighted by atomic mass is 16.5. The number of nitrogens with zero attached hydrogens (tertiary/aromatic N) is 1. The molecule has 6 nitrogen and oxygen atoms in total. The minimum absolute atomic E-state index is 0.0667. The Morgan fingerprint density at radius 3 is 2.56 bits per heavy atom. The lowest BCUT2D eigenvalue weighted by Crippen LogP contribution is -2.37. The van der Waals surface area contributed by atoms with Crippen LogP contribution >= 0.6 is 0 Å². The Bertz CT molecular complexity index is 257. The molecule has 0 aliphatic heterocycles. The van der Waals surface area contributed by atoms with E-state index in [9.17, 15) is 9.59 Å². The first-order chi connectivity index (χ1) is 8.49. The number of carbonyl (C=O) groups is 2. The number of aliphatic carboxylic acids is 1. The molecule has 6 heteroatoms. The van der Waals surface area contributed by atoms with Gasteiger partial charge in [0.2, 0.25) is 0 Å². The van der Waals surface area contributed by atoms with Crippen LogP contribution in [0.2, 0.25) is 0 Å². The molecule has 1 atom stereocenters. The fourth-order valence-electron chi connectivity index (χ4n) is 1.39. The van der Waals surface area contributed by atoms with Gasteiger partial charge in [-0.05, 0) is 20.3 Å². The van der Waals surface area contributed by atoms with Crippen LogP contribution in [-0.4, -0.2) is 61.4 Å². The number of rotatable bonds is 10. The highest BCUT2D eigenvalue weighted by molar-refractivity contribution is 5.80. The van der Waals surface area contributed by atoms with Crippen LogP contribution in [0, 0.1) is 0 Å². The summed E-state index contributed by atoms with van der Waals surface area (Å²) in [6.07, 6.45) is -0.0132. The maximum Gasteiger partial charge on any atom is 0.303 e. The normalized spacial score (nSPS) is 12.2. The van der Waals surface area contributed by atoms with Crippen LogP contribution in [0.15, 0.2) is 0 Å². The molecule has 0 radical (unpaired) electrons. The zero-order valence-electron chi connectivity index (χ0n) is 11.3. The SMILES string of the molecule is CCOCCOC(C)C(=O)N(C)CCCC(=O)O. The summed E-state index contributed by atoms with van der Waals surface area (Å²) in [5.41, 5.74) is 0. The fourth-order valence-corrected chi connectivity index (χ4v) is 1.39. The first-order valence-corrected chi connectivity index (χ1v) is 6.15. The predicted molar refractivity (Wildman–Crippen MR) is 66.4 cm³/mol. The molecule has 0 bridgehead atoms. The van der Waals surface area contributed by atoms with Gasteiger partial charge in [0.15, 0.2) is 0 Å². The van der Waals surface area contributed by atoms with Crippen LogP contribution < -0.4 is 0 Å². The monoisotopic (exact) mass is 261 g/mol. The fraction of sp³-hybridized carbons (Fsp3) is 0.833. The van der Waals surface area contributed by atoms with Crippen LogP contribution in [0.25, 0.3) is 0 Å². The van der Waals surface area contributed by atoms with Crippen molar-refractivity contribution in [3.8, 4) is 0 Å². The van der Waals surface area contributed by atoms with Gasteiger partial charge in [0.25, 0.3) is 5.91 Å². The molecule has 106 valence electrons. The second kappa shape index (κ2) is 9.85. The maximum atomic E-state index is 11.8. The average molecular weight is 261 g/mol. The van der Waals surface area contributed by atoms with E-state index in [-0.39, 0.29) is 12.3 Å². The number of amides is 1. The topological polar surface area (TPSA) is 76.1 Å². The van der Waals surface area contributed by atoms with Gasteiger partial charge in [-0.1, -0.05) is 0 Å². The molecule has 0 heterocycles. The molecule has 0 aromatic rings. The molecule has 0 saturated carbocycles. The highest BCUT2D eigenvalue weighted by Crippen LogP contribution is 2.00. The third kappa shape index (κ3) is 8.03. The van der Waals surface area contributed by atoms with Gasteiger partial charge in [0.05, 0.1) is 13.2 Å². The lowest BCUT2D eigenvalue weighted by molar-refractivity contribution is -0.143. The molecular weight excluding hydrogens is 238 g/mol. The Morgan fingerprint density at radius 1 is 1.33 bits per heavy atom. The zero-order chi connectivity index (χ0) is 14.0. The van der Waals surface area contributed by atoms with E-state index in [1.165, 1.54) is 4.90 Å². The van der Waals surface area contributed by atoms with E-state index in [4.69, 9.17) is 14.6 Å². The van der Waals surface area contributed by atoms with E-state index < -0.39 is 12.1 Å². The highest BCUT2D eigenvalue weighted by Gasteiger charge is 2.17. The Hall–Kier alpha value is -1.14. The van der Waals surface area contributed by atoms with Crippen molar-refractivity contribution < 1.29 is 24.2 Å². The predicted octanol–water partition coefficient (Wildman–Crippen LogP) is 0.751. The number of hydrogen-bond donors (Lipinski definition) is 1. The molecule has 0 aromatic heterocycles. The van der Waals surface area contributed by atoms with Gasteiger partial charge in [-0.3, -0.25) is 9.59 Å². The Kier molecular flexibility index (Phi) is 9.22. The molecule has 0 saturated heterocycles. The molecule has 18 heavy (non-hydrogen) atoms. The van der Waals surface area contributed by atoms with Crippen LogP contribution in [0.4, 0.5) is 0 Å². The van der Waals surface area contributed by atoms with Crippen LogP contribution in [-0.2, 0) is 19.1 Å². The van der Waals surface area contributed by atoms with E-state index in [1.807, 2.05) is 6.92 Å². The number of ether oxygens (including phenoxy) is 2. The molecule has 0 spiro atoms. The molecule has 1 unspecified atom stereocenters. The number of carboxylic acid groups (broad SMARTS) is 1. The van der Waals surface area contributed by atoms with Crippen molar-refractivity contribution in [1.82, 2.24) is 4.90 Å². The molecular formula is C12H23NO5. The summed E-state index contributed by atoms with van der Waals surface area (Å²) in [6.45, 7) is 5.47. The third-order valence-corrected chi connectivity index (χ3v) is 2.41. The summed E-state index contributed by atoms with van der Waals surface area (Å²) >= 11 is 0. The van der Waals surface area contributed by atoms with Crippen LogP contribution in [0.3, 0.4) is 0 Å². The molecule has 0 aromatic carbocycles. The molecule has 0 aliphatic rings. The second-order valence-electron chi connectivity index (χ2n) is 3.97. The number of hydrogen-bond acceptors (Lipinski definition) is 4. The minimum atomic E-state index is -0.850. The Labute approximate surface area is 108 Å². The smallest absolute Gasteiger partial charge is 0.303 e. The summed E-state index contributed by atoms with van der Waals surface area (Å²) < 4.78 is 10.4. The number of likely N-dealkylation sites (N-methyl/N-ethyl adjacent to an activating group) is 1. The number of carboxylic acids is 1. The minimum Gasteiger partial charge on any atom is -0.481 e. The largest absolute Gasteiger partial charge is 0.481 e. The van der Waals surface area contributed by atoms with Crippen molar-refractivity contribution in [3.05, 3.63) is 0 Å². The van der Waals surface area contributed by atoms with Crippen LogP contribution in [0.5, 0.6) is 0 Å². The van der Waals surface area contributed by atoms with Crippen molar-refractivity contribution in [1.29, 1.82) is 0 Å². The van der Waals surface area contributed by atoms with Crippen molar-refractivity contribution in [2.24, 2.45) is 0 Å². The summed E-state index contributed by atoms with van der Waals surface area (Å²) in [5, 5.41) is 8.50. The van der Waals surface area contributed by atoms with Crippen molar-refractivity contribution in [2.75, 3.05) is 33.4 Å². The van der Waals surface area contributed by atoms with Crippen molar-refractivity contribution >= 4 is 11.9 Å². The standard InChI is InChI=1S/C12H23NO5/c1-4-17-8-9-18-10(2)12(16)13(3)7-5-6-11(14)15/h10H,4-9H2,1-3H3,(H,14,15). The zero-order valence-corrected chi connectivity index (χ0v) is 11.3. The van der Waals surface area contributed by atoms with Gasteiger partial charge in [0, 0.05) is 26.6 Å². The van der Waals surface area contributed by atoms with E-state index in [0.29, 0.717) is 32.8 Å². The first-order valence-electron chi connectivity index (χ1n) is 6.15.